The Bertz CT molecular complexity index is 695. The maximum absolute atomic E-state index is 12.4. The van der Waals surface area contributed by atoms with Gasteiger partial charge in [0.25, 0.3) is 0 Å². The molecule has 2 aromatic rings. The zero-order valence-electron chi connectivity index (χ0n) is 16.1. The van der Waals surface area contributed by atoms with Crippen molar-refractivity contribution in [3.8, 4) is 5.75 Å². The van der Waals surface area contributed by atoms with Crippen LogP contribution in [0.5, 0.6) is 5.75 Å². The zero-order valence-corrected chi connectivity index (χ0v) is 16.1. The average Bonchev–Trinajstić information content (AvgIpc) is 2.74. The maximum Gasteiger partial charge on any atom is 0.223 e. The summed E-state index contributed by atoms with van der Waals surface area (Å²) in [6.07, 6.45) is 1.52. The predicted octanol–water partition coefficient (Wildman–Crippen LogP) is 2.57. The highest BCUT2D eigenvalue weighted by molar-refractivity contribution is 5.76. The lowest BCUT2D eigenvalue weighted by Gasteiger charge is -2.36. The van der Waals surface area contributed by atoms with Gasteiger partial charge in [0.1, 0.15) is 5.75 Å². The van der Waals surface area contributed by atoms with Crippen LogP contribution in [0.3, 0.4) is 0 Å². The Labute approximate surface area is 161 Å². The first-order valence-corrected chi connectivity index (χ1v) is 9.67. The second-order valence-electron chi connectivity index (χ2n) is 6.80. The summed E-state index contributed by atoms with van der Waals surface area (Å²) in [4.78, 5) is 16.7. The Morgan fingerprint density at radius 3 is 2.33 bits per heavy atom. The molecule has 1 aliphatic rings. The van der Waals surface area contributed by atoms with Crippen molar-refractivity contribution in [2.24, 2.45) is 0 Å². The van der Waals surface area contributed by atoms with E-state index in [1.807, 2.05) is 23.1 Å². The molecule has 2 aromatic carbocycles. The van der Waals surface area contributed by atoms with Gasteiger partial charge >= 0.3 is 0 Å². The Morgan fingerprint density at radius 2 is 1.67 bits per heavy atom. The minimum Gasteiger partial charge on any atom is -0.497 e. The smallest absolute Gasteiger partial charge is 0.223 e. The van der Waals surface area contributed by atoms with Gasteiger partial charge in [0.2, 0.25) is 5.91 Å². The predicted molar refractivity (Wildman–Crippen MR) is 109 cm³/mol. The molecule has 0 unspecified atom stereocenters. The van der Waals surface area contributed by atoms with Gasteiger partial charge in [-0.15, -0.1) is 0 Å². The van der Waals surface area contributed by atoms with Gasteiger partial charge in [-0.05, 0) is 42.8 Å². The normalized spacial score (nSPS) is 14.3. The Kier molecular flexibility index (Phi) is 7.11. The standard InChI is InChI=1S/C22H29N3O2/c1-27-21-9-7-19(8-10-21)11-13-23-14-12-22(26)25-17-15-24(16-18-25)20-5-3-2-4-6-20/h2-10,23H,11-18H2,1H3. The van der Waals surface area contributed by atoms with Crippen LogP contribution in [0.4, 0.5) is 5.69 Å². The first-order valence-electron chi connectivity index (χ1n) is 9.67. The topological polar surface area (TPSA) is 44.8 Å². The van der Waals surface area contributed by atoms with Crippen molar-refractivity contribution in [2.45, 2.75) is 12.8 Å². The molecule has 1 fully saturated rings. The molecule has 1 heterocycles. The molecule has 1 N–H and O–H groups in total. The van der Waals surface area contributed by atoms with Crippen LogP contribution in [0.2, 0.25) is 0 Å². The van der Waals surface area contributed by atoms with E-state index in [0.717, 1.165) is 51.4 Å². The summed E-state index contributed by atoms with van der Waals surface area (Å²) in [6, 6.07) is 18.5. The highest BCUT2D eigenvalue weighted by Gasteiger charge is 2.20. The van der Waals surface area contributed by atoms with E-state index < -0.39 is 0 Å². The fourth-order valence-electron chi connectivity index (χ4n) is 3.36. The number of nitrogens with zero attached hydrogens (tertiary/aromatic N) is 2. The molecule has 0 spiro atoms. The number of methoxy groups -OCH3 is 1. The van der Waals surface area contributed by atoms with Crippen molar-refractivity contribution in [1.82, 2.24) is 10.2 Å². The zero-order chi connectivity index (χ0) is 18.9. The minimum absolute atomic E-state index is 0.250. The van der Waals surface area contributed by atoms with Crippen LogP contribution < -0.4 is 15.0 Å². The van der Waals surface area contributed by atoms with Crippen LogP contribution in [0.1, 0.15) is 12.0 Å². The molecule has 1 amide bonds. The van der Waals surface area contributed by atoms with E-state index in [1.165, 1.54) is 11.3 Å². The summed E-state index contributed by atoms with van der Waals surface area (Å²) >= 11 is 0. The van der Waals surface area contributed by atoms with Crippen molar-refractivity contribution in [2.75, 3.05) is 51.3 Å². The van der Waals surface area contributed by atoms with Crippen LogP contribution in [0, 0.1) is 0 Å². The summed E-state index contributed by atoms with van der Waals surface area (Å²) in [5.74, 6) is 1.13. The summed E-state index contributed by atoms with van der Waals surface area (Å²) in [5, 5.41) is 3.38. The molecule has 144 valence electrons. The van der Waals surface area contributed by atoms with Gasteiger partial charge in [-0.2, -0.15) is 0 Å². The first kappa shape index (κ1) is 19.2. The van der Waals surface area contributed by atoms with E-state index in [4.69, 9.17) is 4.74 Å². The number of anilines is 1. The second kappa shape index (κ2) is 9.97. The van der Waals surface area contributed by atoms with E-state index in [-0.39, 0.29) is 5.91 Å². The van der Waals surface area contributed by atoms with Gasteiger partial charge in [-0.3, -0.25) is 4.79 Å². The second-order valence-corrected chi connectivity index (χ2v) is 6.80. The SMILES string of the molecule is COc1ccc(CCNCCC(=O)N2CCN(c3ccccc3)CC2)cc1. The molecule has 0 bridgehead atoms. The fourth-order valence-corrected chi connectivity index (χ4v) is 3.36. The maximum atomic E-state index is 12.4. The third kappa shape index (κ3) is 5.73. The van der Waals surface area contributed by atoms with E-state index in [9.17, 15) is 4.79 Å². The van der Waals surface area contributed by atoms with Crippen LogP contribution in [0.15, 0.2) is 54.6 Å². The number of hydrogen-bond donors (Lipinski definition) is 1. The van der Waals surface area contributed by atoms with E-state index in [1.54, 1.807) is 7.11 Å². The van der Waals surface area contributed by atoms with Gasteiger partial charge in [0.15, 0.2) is 0 Å². The lowest BCUT2D eigenvalue weighted by Crippen LogP contribution is -2.49. The van der Waals surface area contributed by atoms with Crippen molar-refractivity contribution >= 4 is 11.6 Å². The monoisotopic (exact) mass is 367 g/mol. The number of ether oxygens (including phenoxy) is 1. The number of amides is 1. The third-order valence-electron chi connectivity index (χ3n) is 5.02. The Hall–Kier alpha value is -2.53. The molecule has 5 nitrogen and oxygen atoms in total. The van der Waals surface area contributed by atoms with Gasteiger partial charge < -0.3 is 19.9 Å². The number of carbonyl (C=O) groups is 1. The van der Waals surface area contributed by atoms with E-state index in [2.05, 4.69) is 46.6 Å². The summed E-state index contributed by atoms with van der Waals surface area (Å²) < 4.78 is 5.17. The first-order chi connectivity index (χ1) is 13.3. The third-order valence-corrected chi connectivity index (χ3v) is 5.02. The quantitative estimate of drug-likeness (QED) is 0.729. The molecule has 1 saturated heterocycles. The van der Waals surface area contributed by atoms with Gasteiger partial charge in [0, 0.05) is 44.8 Å². The molecule has 27 heavy (non-hydrogen) atoms. The number of nitrogens with one attached hydrogen (secondary N) is 1. The molecule has 0 aromatic heterocycles. The van der Waals surface area contributed by atoms with Crippen molar-refractivity contribution < 1.29 is 9.53 Å². The Morgan fingerprint density at radius 1 is 0.963 bits per heavy atom. The number of para-hydroxylation sites is 1. The summed E-state index contributed by atoms with van der Waals surface area (Å²) in [6.45, 7) is 5.02. The number of carbonyl (C=O) groups excluding carboxylic acids is 1. The fraction of sp³-hybridized carbons (Fsp3) is 0.409. The number of hydrogen-bond acceptors (Lipinski definition) is 4. The minimum atomic E-state index is 0.250. The molecule has 0 radical (unpaired) electrons. The number of piperazine rings is 1. The molecule has 0 aliphatic carbocycles. The molecule has 3 rings (SSSR count). The van der Waals surface area contributed by atoms with Crippen LogP contribution in [-0.2, 0) is 11.2 Å². The molecular formula is C22H29N3O2. The van der Waals surface area contributed by atoms with E-state index >= 15 is 0 Å². The molecule has 1 aliphatic heterocycles. The van der Waals surface area contributed by atoms with Crippen LogP contribution >= 0.6 is 0 Å². The van der Waals surface area contributed by atoms with Gasteiger partial charge in [0.05, 0.1) is 7.11 Å². The molecule has 0 saturated carbocycles. The molecular weight excluding hydrogens is 338 g/mol. The molecule has 0 atom stereocenters. The Balaban J connectivity index is 1.30. The highest BCUT2D eigenvalue weighted by atomic mass is 16.5. The van der Waals surface area contributed by atoms with Crippen LogP contribution in [0.25, 0.3) is 0 Å². The van der Waals surface area contributed by atoms with Crippen LogP contribution in [-0.4, -0.2) is 57.2 Å². The summed E-state index contributed by atoms with van der Waals surface area (Å²) in [5.41, 5.74) is 2.51. The lowest BCUT2D eigenvalue weighted by atomic mass is 10.1. The van der Waals surface area contributed by atoms with Crippen molar-refractivity contribution in [1.29, 1.82) is 0 Å². The largest absolute Gasteiger partial charge is 0.497 e. The average molecular weight is 367 g/mol. The summed E-state index contributed by atoms with van der Waals surface area (Å²) in [7, 11) is 1.68. The highest BCUT2D eigenvalue weighted by Crippen LogP contribution is 2.16. The molecule has 5 heteroatoms. The lowest BCUT2D eigenvalue weighted by molar-refractivity contribution is -0.131. The number of benzene rings is 2. The van der Waals surface area contributed by atoms with E-state index in [0.29, 0.717) is 6.42 Å². The number of rotatable bonds is 8. The van der Waals surface area contributed by atoms with Gasteiger partial charge in [-0.1, -0.05) is 30.3 Å². The van der Waals surface area contributed by atoms with Crippen molar-refractivity contribution in [3.05, 3.63) is 60.2 Å². The van der Waals surface area contributed by atoms with Gasteiger partial charge in [-0.25, -0.2) is 0 Å². The van der Waals surface area contributed by atoms with Crippen molar-refractivity contribution in [3.63, 3.8) is 0 Å².